The van der Waals surface area contributed by atoms with Crippen LogP contribution in [0.4, 0.5) is 0 Å². The summed E-state index contributed by atoms with van der Waals surface area (Å²) < 4.78 is 4.81. The minimum atomic E-state index is -1.22. The van der Waals surface area contributed by atoms with E-state index >= 15 is 0 Å². The van der Waals surface area contributed by atoms with Crippen LogP contribution in [0, 0.1) is 0 Å². The van der Waals surface area contributed by atoms with Gasteiger partial charge in [0.05, 0.1) is 13.2 Å². The number of ether oxygens (including phenoxy) is 1. The lowest BCUT2D eigenvalue weighted by atomic mass is 10.0. The van der Waals surface area contributed by atoms with Crippen LogP contribution >= 0.6 is 0 Å². The molecular formula is C6H12O5. The summed E-state index contributed by atoms with van der Waals surface area (Å²) in [5.74, 6) is 0. The second-order valence-electron chi connectivity index (χ2n) is 2.60. The molecule has 0 spiro atoms. The van der Waals surface area contributed by atoms with Gasteiger partial charge in [0.25, 0.3) is 0 Å². The van der Waals surface area contributed by atoms with Crippen molar-refractivity contribution in [1.82, 2.24) is 0 Å². The van der Waals surface area contributed by atoms with Gasteiger partial charge in [-0.3, -0.25) is 0 Å². The molecule has 4 N–H and O–H groups in total. The Bertz CT molecular complexity index is 126. The molecule has 1 heterocycles. The summed E-state index contributed by atoms with van der Waals surface area (Å²) in [6.07, 6.45) is -4.27. The molecule has 5 nitrogen and oxygen atoms in total. The van der Waals surface area contributed by atoms with Gasteiger partial charge in [0.1, 0.15) is 24.4 Å². The first-order chi connectivity index (χ1) is 5.16. The molecule has 0 bridgehead atoms. The van der Waals surface area contributed by atoms with Crippen LogP contribution in [0.15, 0.2) is 0 Å². The molecule has 0 aliphatic carbocycles. The van der Waals surface area contributed by atoms with Crippen molar-refractivity contribution < 1.29 is 25.2 Å². The Morgan fingerprint density at radius 2 is 1.82 bits per heavy atom. The zero-order chi connectivity index (χ0) is 8.43. The van der Waals surface area contributed by atoms with E-state index in [9.17, 15) is 0 Å². The minimum absolute atomic E-state index is 0.0521. The molecule has 0 amide bonds. The Morgan fingerprint density at radius 3 is 2.36 bits per heavy atom. The van der Waals surface area contributed by atoms with Crippen LogP contribution in [0.5, 0.6) is 0 Å². The van der Waals surface area contributed by atoms with Gasteiger partial charge in [-0.1, -0.05) is 0 Å². The third kappa shape index (κ3) is 1.69. The van der Waals surface area contributed by atoms with Crippen LogP contribution in [0.2, 0.25) is 0 Å². The maximum absolute atomic E-state index is 9.11. The quantitative estimate of drug-likeness (QED) is 0.343. The molecule has 5 heteroatoms. The van der Waals surface area contributed by atoms with E-state index < -0.39 is 24.4 Å². The molecule has 0 aromatic carbocycles. The smallest absolute Gasteiger partial charge is 0.111 e. The number of aliphatic hydroxyl groups excluding tert-OH is 4. The van der Waals surface area contributed by atoms with Gasteiger partial charge >= 0.3 is 0 Å². The summed E-state index contributed by atoms with van der Waals surface area (Å²) in [5.41, 5.74) is 0. The molecule has 0 aromatic heterocycles. The second kappa shape index (κ2) is 3.46. The number of aliphatic hydroxyl groups is 4. The van der Waals surface area contributed by atoms with Crippen LogP contribution in [-0.2, 0) is 4.74 Å². The third-order valence-corrected chi connectivity index (χ3v) is 1.79. The Balaban J connectivity index is 2.52. The maximum atomic E-state index is 9.11. The van der Waals surface area contributed by atoms with E-state index in [4.69, 9.17) is 25.2 Å². The van der Waals surface area contributed by atoms with Crippen molar-refractivity contribution in [3.8, 4) is 0 Å². The molecule has 11 heavy (non-hydrogen) atoms. The van der Waals surface area contributed by atoms with Crippen LogP contribution in [0.3, 0.4) is 0 Å². The van der Waals surface area contributed by atoms with E-state index in [1.54, 1.807) is 0 Å². The fourth-order valence-electron chi connectivity index (χ4n) is 1.03. The van der Waals surface area contributed by atoms with Crippen LogP contribution in [-0.4, -0.2) is 58.1 Å². The third-order valence-electron chi connectivity index (χ3n) is 1.79. The zero-order valence-corrected chi connectivity index (χ0v) is 5.92. The van der Waals surface area contributed by atoms with Gasteiger partial charge in [0.15, 0.2) is 0 Å². The average molecular weight is 164 g/mol. The lowest BCUT2D eigenvalue weighted by Crippen LogP contribution is -2.53. The van der Waals surface area contributed by atoms with Gasteiger partial charge in [0, 0.05) is 0 Å². The molecule has 1 rings (SSSR count). The number of hydrogen-bond donors (Lipinski definition) is 4. The van der Waals surface area contributed by atoms with E-state index in [-0.39, 0.29) is 13.2 Å². The molecule has 3 unspecified atom stereocenters. The summed E-state index contributed by atoms with van der Waals surface area (Å²) in [5, 5.41) is 35.7. The predicted octanol–water partition coefficient (Wildman–Crippen LogP) is -2.54. The van der Waals surface area contributed by atoms with Crippen molar-refractivity contribution >= 4 is 0 Å². The van der Waals surface area contributed by atoms with Gasteiger partial charge < -0.3 is 25.2 Å². The van der Waals surface area contributed by atoms with Crippen molar-refractivity contribution in [1.29, 1.82) is 0 Å². The molecule has 0 radical (unpaired) electrons. The highest BCUT2D eigenvalue weighted by atomic mass is 16.5. The van der Waals surface area contributed by atoms with E-state index in [1.807, 2.05) is 0 Å². The fourth-order valence-corrected chi connectivity index (χ4v) is 1.03. The Kier molecular flexibility index (Phi) is 2.80. The molecule has 66 valence electrons. The topological polar surface area (TPSA) is 90.2 Å². The molecule has 1 aliphatic rings. The lowest BCUT2D eigenvalue weighted by molar-refractivity contribution is -0.195. The molecule has 4 atom stereocenters. The summed E-state index contributed by atoms with van der Waals surface area (Å²) in [4.78, 5) is 0. The van der Waals surface area contributed by atoms with Crippen LogP contribution in [0.25, 0.3) is 0 Å². The number of rotatable bonds is 1. The second-order valence-corrected chi connectivity index (χ2v) is 2.60. The number of hydrogen-bond acceptors (Lipinski definition) is 5. The lowest BCUT2D eigenvalue weighted by Gasteiger charge is -2.34. The van der Waals surface area contributed by atoms with Crippen LogP contribution in [0.1, 0.15) is 0 Å². The standard InChI is InChI=1S/C6H12O5/c7-1-4-6(10)5(9)3(8)2-11-4/h3-10H,1-2H2/t3-,4?,5?,6?/m1/s1. The van der Waals surface area contributed by atoms with E-state index in [0.717, 1.165) is 0 Å². The van der Waals surface area contributed by atoms with Crippen molar-refractivity contribution in [3.05, 3.63) is 0 Å². The monoisotopic (exact) mass is 164 g/mol. The summed E-state index contributed by atoms with van der Waals surface area (Å²) in [7, 11) is 0. The normalized spacial score (nSPS) is 45.8. The minimum Gasteiger partial charge on any atom is -0.394 e. The van der Waals surface area contributed by atoms with E-state index in [0.29, 0.717) is 0 Å². The summed E-state index contributed by atoms with van der Waals surface area (Å²) in [6, 6.07) is 0. The molecular weight excluding hydrogens is 152 g/mol. The van der Waals surface area contributed by atoms with E-state index in [2.05, 4.69) is 0 Å². The van der Waals surface area contributed by atoms with Gasteiger partial charge in [-0.05, 0) is 0 Å². The van der Waals surface area contributed by atoms with Crippen molar-refractivity contribution in [2.45, 2.75) is 24.4 Å². The molecule has 1 fully saturated rings. The largest absolute Gasteiger partial charge is 0.394 e. The van der Waals surface area contributed by atoms with Gasteiger partial charge in [0.2, 0.25) is 0 Å². The first-order valence-electron chi connectivity index (χ1n) is 3.43. The first-order valence-corrected chi connectivity index (χ1v) is 3.43. The van der Waals surface area contributed by atoms with Crippen molar-refractivity contribution in [2.24, 2.45) is 0 Å². The molecule has 1 aliphatic heterocycles. The Hall–Kier alpha value is -0.200. The zero-order valence-electron chi connectivity index (χ0n) is 5.92. The summed E-state index contributed by atoms with van der Waals surface area (Å²) >= 11 is 0. The van der Waals surface area contributed by atoms with Gasteiger partial charge in [-0.15, -0.1) is 0 Å². The highest BCUT2D eigenvalue weighted by Gasteiger charge is 2.36. The Labute approximate surface area is 63.8 Å². The van der Waals surface area contributed by atoms with Gasteiger partial charge in [-0.2, -0.15) is 0 Å². The average Bonchev–Trinajstić information content (AvgIpc) is 2.01. The first kappa shape index (κ1) is 8.89. The van der Waals surface area contributed by atoms with Crippen molar-refractivity contribution in [2.75, 3.05) is 13.2 Å². The molecule has 0 aromatic rings. The predicted molar refractivity (Wildman–Crippen MR) is 34.8 cm³/mol. The molecule has 0 saturated carbocycles. The van der Waals surface area contributed by atoms with Gasteiger partial charge in [-0.25, -0.2) is 0 Å². The maximum Gasteiger partial charge on any atom is 0.111 e. The Morgan fingerprint density at radius 1 is 1.18 bits per heavy atom. The van der Waals surface area contributed by atoms with Crippen LogP contribution < -0.4 is 0 Å². The molecule has 1 saturated heterocycles. The summed E-state index contributed by atoms with van der Waals surface area (Å²) in [6.45, 7) is -0.408. The SMILES string of the molecule is OCC1OC[C@@H](O)C(O)C1O. The van der Waals surface area contributed by atoms with E-state index in [1.165, 1.54) is 0 Å². The highest BCUT2D eigenvalue weighted by molar-refractivity contribution is 4.85. The van der Waals surface area contributed by atoms with Crippen molar-refractivity contribution in [3.63, 3.8) is 0 Å². The fraction of sp³-hybridized carbons (Fsp3) is 1.00. The highest BCUT2D eigenvalue weighted by Crippen LogP contribution is 2.14.